The van der Waals surface area contributed by atoms with Crippen LogP contribution in [0.5, 0.6) is 0 Å². The molecule has 0 unspecified atom stereocenters. The first kappa shape index (κ1) is 8.51. The zero-order chi connectivity index (χ0) is 8.55. The van der Waals surface area contributed by atoms with Crippen molar-refractivity contribution in [3.63, 3.8) is 0 Å². The molecule has 0 radical (unpaired) electrons. The normalized spacial score (nSPS) is 22.0. The molecule has 1 aromatic carbocycles. The van der Waals surface area contributed by atoms with E-state index >= 15 is 0 Å². The first-order chi connectivity index (χ1) is 5.79. The molecule has 1 atom stereocenters. The van der Waals surface area contributed by atoms with Crippen molar-refractivity contribution in [2.45, 2.75) is 19.4 Å². The molecule has 1 saturated heterocycles. The summed E-state index contributed by atoms with van der Waals surface area (Å²) in [6, 6.07) is 7.16. The summed E-state index contributed by atoms with van der Waals surface area (Å²) in [4.78, 5) is 0. The molecule has 0 aromatic heterocycles. The molecule has 0 amide bonds. The molecule has 1 aliphatic rings. The van der Waals surface area contributed by atoms with E-state index in [1.165, 1.54) is 27.7 Å². The molecular weight excluding hydrogens is 261 g/mol. The lowest BCUT2D eigenvalue weighted by molar-refractivity contribution is 0.382. The second-order valence-corrected chi connectivity index (χ2v) is 4.41. The second-order valence-electron chi connectivity index (χ2n) is 3.25. The number of nitrogens with one attached hydrogen (secondary N) is 1. The Hall–Kier alpha value is -0.0900. The highest BCUT2D eigenvalue weighted by atomic mass is 127. The fraction of sp³-hybridized carbons (Fsp3) is 0.400. The number of halogens is 1. The Morgan fingerprint density at radius 1 is 1.50 bits per heavy atom. The van der Waals surface area contributed by atoms with Crippen LogP contribution in [0, 0.1) is 10.5 Å². The average molecular weight is 273 g/mol. The fourth-order valence-corrected chi connectivity index (χ4v) is 2.07. The number of hydrogen-bond acceptors (Lipinski definition) is 1. The molecule has 0 spiro atoms. The third-order valence-electron chi connectivity index (χ3n) is 2.51. The van der Waals surface area contributed by atoms with Crippen LogP contribution in [0.1, 0.15) is 23.6 Å². The molecule has 64 valence electrons. The van der Waals surface area contributed by atoms with Gasteiger partial charge in [0.15, 0.2) is 0 Å². The smallest absolute Gasteiger partial charge is 0.0335 e. The van der Waals surface area contributed by atoms with E-state index in [2.05, 4.69) is 53.0 Å². The van der Waals surface area contributed by atoms with Gasteiger partial charge in [0.25, 0.3) is 0 Å². The van der Waals surface area contributed by atoms with Crippen LogP contribution >= 0.6 is 22.6 Å². The summed E-state index contributed by atoms with van der Waals surface area (Å²) in [6.07, 6.45) is 1.29. The van der Waals surface area contributed by atoms with Gasteiger partial charge in [0.2, 0.25) is 0 Å². The Morgan fingerprint density at radius 2 is 2.25 bits per heavy atom. The zero-order valence-electron chi connectivity index (χ0n) is 7.10. The molecular formula is C10H12IN. The van der Waals surface area contributed by atoms with E-state index in [-0.39, 0.29) is 0 Å². The van der Waals surface area contributed by atoms with E-state index < -0.39 is 0 Å². The van der Waals surface area contributed by atoms with Crippen molar-refractivity contribution in [2.75, 3.05) is 6.54 Å². The maximum Gasteiger partial charge on any atom is 0.0335 e. The van der Waals surface area contributed by atoms with Gasteiger partial charge in [-0.1, -0.05) is 12.1 Å². The van der Waals surface area contributed by atoms with Crippen LogP contribution in [0.15, 0.2) is 18.2 Å². The van der Waals surface area contributed by atoms with E-state index in [1.807, 2.05) is 0 Å². The van der Waals surface area contributed by atoms with Crippen molar-refractivity contribution >= 4 is 22.6 Å². The molecule has 1 fully saturated rings. The van der Waals surface area contributed by atoms with Crippen LogP contribution < -0.4 is 5.32 Å². The average Bonchev–Trinajstić information content (AvgIpc) is 1.95. The standard InChI is InChI=1S/C10H12IN/c1-7-8(10-5-6-12-10)3-2-4-9(7)11/h2-4,10,12H,5-6H2,1H3/t10-/m0/s1. The monoisotopic (exact) mass is 273 g/mol. The van der Waals surface area contributed by atoms with Crippen molar-refractivity contribution in [3.05, 3.63) is 32.9 Å². The Bertz CT molecular complexity index is 292. The van der Waals surface area contributed by atoms with Gasteiger partial charge in [-0.25, -0.2) is 0 Å². The third-order valence-corrected chi connectivity index (χ3v) is 3.68. The summed E-state index contributed by atoms with van der Waals surface area (Å²) in [7, 11) is 0. The summed E-state index contributed by atoms with van der Waals surface area (Å²) in [5, 5.41) is 3.43. The lowest BCUT2D eigenvalue weighted by atomic mass is 9.94. The van der Waals surface area contributed by atoms with Crippen molar-refractivity contribution in [1.29, 1.82) is 0 Å². The molecule has 0 bridgehead atoms. The van der Waals surface area contributed by atoms with Gasteiger partial charge < -0.3 is 5.32 Å². The van der Waals surface area contributed by atoms with E-state index in [0.29, 0.717) is 6.04 Å². The lowest BCUT2D eigenvalue weighted by Crippen LogP contribution is -2.35. The first-order valence-electron chi connectivity index (χ1n) is 4.27. The molecule has 2 rings (SSSR count). The summed E-state index contributed by atoms with van der Waals surface area (Å²) >= 11 is 2.40. The summed E-state index contributed by atoms with van der Waals surface area (Å²) in [5.74, 6) is 0. The van der Waals surface area contributed by atoms with Crippen molar-refractivity contribution in [3.8, 4) is 0 Å². The number of hydrogen-bond donors (Lipinski definition) is 1. The Morgan fingerprint density at radius 3 is 2.83 bits per heavy atom. The molecule has 1 heterocycles. The largest absolute Gasteiger partial charge is 0.310 e. The van der Waals surface area contributed by atoms with Crippen molar-refractivity contribution in [1.82, 2.24) is 5.32 Å². The summed E-state index contributed by atoms with van der Waals surface area (Å²) in [5.41, 5.74) is 2.92. The first-order valence-corrected chi connectivity index (χ1v) is 5.35. The Kier molecular flexibility index (Phi) is 2.37. The zero-order valence-corrected chi connectivity index (χ0v) is 9.26. The van der Waals surface area contributed by atoms with Gasteiger partial charge in [0.1, 0.15) is 0 Å². The van der Waals surface area contributed by atoms with E-state index in [1.54, 1.807) is 0 Å². The molecule has 1 nitrogen and oxygen atoms in total. The van der Waals surface area contributed by atoms with Gasteiger partial charge in [-0.05, 0) is 59.7 Å². The highest BCUT2D eigenvalue weighted by molar-refractivity contribution is 14.1. The van der Waals surface area contributed by atoms with Gasteiger partial charge in [0.05, 0.1) is 0 Å². The van der Waals surface area contributed by atoms with E-state index in [9.17, 15) is 0 Å². The maximum absolute atomic E-state index is 3.43. The van der Waals surface area contributed by atoms with Crippen molar-refractivity contribution < 1.29 is 0 Å². The SMILES string of the molecule is Cc1c(I)cccc1[C@@H]1CCN1. The highest BCUT2D eigenvalue weighted by Crippen LogP contribution is 2.27. The van der Waals surface area contributed by atoms with E-state index in [4.69, 9.17) is 0 Å². The molecule has 12 heavy (non-hydrogen) atoms. The topological polar surface area (TPSA) is 12.0 Å². The van der Waals surface area contributed by atoms with Crippen LogP contribution in [0.25, 0.3) is 0 Å². The number of rotatable bonds is 1. The van der Waals surface area contributed by atoms with Crippen LogP contribution in [0.3, 0.4) is 0 Å². The molecule has 1 aromatic rings. The quantitative estimate of drug-likeness (QED) is 0.776. The third kappa shape index (κ3) is 1.38. The molecule has 1 N–H and O–H groups in total. The van der Waals surface area contributed by atoms with Crippen LogP contribution in [-0.4, -0.2) is 6.54 Å². The predicted molar refractivity (Wildman–Crippen MR) is 59.3 cm³/mol. The van der Waals surface area contributed by atoms with Crippen LogP contribution in [0.2, 0.25) is 0 Å². The number of benzene rings is 1. The van der Waals surface area contributed by atoms with Gasteiger partial charge in [-0.15, -0.1) is 0 Å². The van der Waals surface area contributed by atoms with E-state index in [0.717, 1.165) is 0 Å². The Labute approximate surface area is 86.7 Å². The summed E-state index contributed by atoms with van der Waals surface area (Å²) < 4.78 is 1.37. The Balaban J connectivity index is 2.36. The van der Waals surface area contributed by atoms with Crippen LogP contribution in [0.4, 0.5) is 0 Å². The van der Waals surface area contributed by atoms with Gasteiger partial charge in [-0.2, -0.15) is 0 Å². The molecule has 1 aliphatic heterocycles. The van der Waals surface area contributed by atoms with Gasteiger partial charge in [0, 0.05) is 9.61 Å². The maximum atomic E-state index is 3.43. The van der Waals surface area contributed by atoms with Gasteiger partial charge in [-0.3, -0.25) is 0 Å². The molecule has 0 saturated carbocycles. The molecule has 2 heteroatoms. The lowest BCUT2D eigenvalue weighted by Gasteiger charge is -2.29. The molecule has 0 aliphatic carbocycles. The minimum absolute atomic E-state index is 0.625. The minimum Gasteiger partial charge on any atom is -0.310 e. The van der Waals surface area contributed by atoms with Crippen molar-refractivity contribution in [2.24, 2.45) is 0 Å². The summed E-state index contributed by atoms with van der Waals surface area (Å²) in [6.45, 7) is 3.38. The van der Waals surface area contributed by atoms with Gasteiger partial charge >= 0.3 is 0 Å². The predicted octanol–water partition coefficient (Wildman–Crippen LogP) is 2.63. The fourth-order valence-electron chi connectivity index (χ4n) is 1.56. The minimum atomic E-state index is 0.625. The second kappa shape index (κ2) is 3.34. The van der Waals surface area contributed by atoms with Crippen LogP contribution in [-0.2, 0) is 0 Å². The highest BCUT2D eigenvalue weighted by Gasteiger charge is 2.20.